The van der Waals surface area contributed by atoms with Gasteiger partial charge < -0.3 is 20.8 Å². The zero-order valence-corrected chi connectivity index (χ0v) is 10.4. The SMILES string of the molecule is CC(C)(NC(=O)N[C@@H](CC(=O)O)C(=O)O)C1CC1. The standard InChI is InChI=1S/C11H18N2O5/c1-11(2,6-3-4-6)13-10(18)12-7(9(16)17)5-8(14)15/h6-7H,3-5H2,1-2H3,(H,14,15)(H,16,17)(H2,12,13,18)/t7-/m0/s1. The number of carbonyl (C=O) groups excluding carboxylic acids is 1. The average Bonchev–Trinajstić information content (AvgIpc) is 2.97. The highest BCUT2D eigenvalue weighted by atomic mass is 16.4. The summed E-state index contributed by atoms with van der Waals surface area (Å²) in [6, 6.07) is -2.07. The Kier molecular flexibility index (Phi) is 4.15. The van der Waals surface area contributed by atoms with Crippen LogP contribution in [0.25, 0.3) is 0 Å². The number of nitrogens with one attached hydrogen (secondary N) is 2. The molecule has 1 saturated carbocycles. The van der Waals surface area contributed by atoms with E-state index in [0.717, 1.165) is 12.8 Å². The Bertz CT molecular complexity index is 362. The van der Waals surface area contributed by atoms with Crippen LogP contribution in [0.4, 0.5) is 4.79 Å². The Morgan fingerprint density at radius 3 is 2.22 bits per heavy atom. The van der Waals surface area contributed by atoms with Gasteiger partial charge in [0.2, 0.25) is 0 Å². The molecular weight excluding hydrogens is 240 g/mol. The van der Waals surface area contributed by atoms with E-state index in [2.05, 4.69) is 10.6 Å². The molecule has 102 valence electrons. The van der Waals surface area contributed by atoms with Crippen LogP contribution in [0.5, 0.6) is 0 Å². The molecule has 1 atom stereocenters. The highest BCUT2D eigenvalue weighted by molar-refractivity contribution is 5.86. The lowest BCUT2D eigenvalue weighted by atomic mass is 9.99. The largest absolute Gasteiger partial charge is 0.481 e. The Morgan fingerprint density at radius 1 is 1.28 bits per heavy atom. The van der Waals surface area contributed by atoms with E-state index in [1.54, 1.807) is 0 Å². The van der Waals surface area contributed by atoms with Crippen molar-refractivity contribution in [3.63, 3.8) is 0 Å². The molecule has 0 aromatic rings. The number of hydrogen-bond acceptors (Lipinski definition) is 3. The third kappa shape index (κ3) is 4.23. The molecule has 1 aliphatic rings. The fraction of sp³-hybridized carbons (Fsp3) is 0.727. The Morgan fingerprint density at radius 2 is 1.83 bits per heavy atom. The molecule has 4 N–H and O–H groups in total. The number of urea groups is 1. The smallest absolute Gasteiger partial charge is 0.326 e. The molecule has 7 nitrogen and oxygen atoms in total. The van der Waals surface area contributed by atoms with Crippen molar-refractivity contribution in [3.05, 3.63) is 0 Å². The predicted molar refractivity (Wildman–Crippen MR) is 62.1 cm³/mol. The molecule has 1 aliphatic carbocycles. The molecular formula is C11H18N2O5. The van der Waals surface area contributed by atoms with E-state index in [9.17, 15) is 14.4 Å². The van der Waals surface area contributed by atoms with Crippen molar-refractivity contribution in [2.75, 3.05) is 0 Å². The molecule has 0 radical (unpaired) electrons. The summed E-state index contributed by atoms with van der Waals surface area (Å²) >= 11 is 0. The van der Waals surface area contributed by atoms with E-state index in [0.29, 0.717) is 5.92 Å². The van der Waals surface area contributed by atoms with E-state index >= 15 is 0 Å². The molecule has 0 saturated heterocycles. The fourth-order valence-corrected chi connectivity index (χ4v) is 1.77. The molecule has 0 aliphatic heterocycles. The quantitative estimate of drug-likeness (QED) is 0.550. The summed E-state index contributed by atoms with van der Waals surface area (Å²) in [7, 11) is 0. The van der Waals surface area contributed by atoms with E-state index in [1.807, 2.05) is 13.8 Å². The highest BCUT2D eigenvalue weighted by Gasteiger charge is 2.39. The molecule has 7 heteroatoms. The van der Waals surface area contributed by atoms with Crippen molar-refractivity contribution in [1.82, 2.24) is 10.6 Å². The zero-order chi connectivity index (χ0) is 13.9. The van der Waals surface area contributed by atoms with Crippen LogP contribution in [0.2, 0.25) is 0 Å². The second kappa shape index (κ2) is 5.24. The lowest BCUT2D eigenvalue weighted by molar-refractivity contribution is -0.145. The van der Waals surface area contributed by atoms with Crippen LogP contribution in [0, 0.1) is 5.92 Å². The normalized spacial score (nSPS) is 16.8. The van der Waals surface area contributed by atoms with Gasteiger partial charge in [-0.15, -0.1) is 0 Å². The number of carboxylic acids is 2. The van der Waals surface area contributed by atoms with Crippen LogP contribution in [-0.2, 0) is 9.59 Å². The van der Waals surface area contributed by atoms with Crippen LogP contribution in [0.1, 0.15) is 33.1 Å². The first-order chi connectivity index (χ1) is 8.22. The molecule has 0 bridgehead atoms. The van der Waals surface area contributed by atoms with Gasteiger partial charge in [-0.05, 0) is 32.6 Å². The molecule has 0 aromatic heterocycles. The van der Waals surface area contributed by atoms with E-state index in [4.69, 9.17) is 10.2 Å². The van der Waals surface area contributed by atoms with E-state index < -0.39 is 36.0 Å². The lowest BCUT2D eigenvalue weighted by Crippen LogP contribution is -2.54. The average molecular weight is 258 g/mol. The maximum atomic E-state index is 11.6. The first kappa shape index (κ1) is 14.3. The van der Waals surface area contributed by atoms with Crippen molar-refractivity contribution >= 4 is 18.0 Å². The molecule has 0 spiro atoms. The summed E-state index contributed by atoms with van der Waals surface area (Å²) in [5, 5.41) is 22.2. The number of carbonyl (C=O) groups is 3. The van der Waals surface area contributed by atoms with Gasteiger partial charge in [0.25, 0.3) is 0 Å². The Labute approximate surface area is 105 Å². The summed E-state index contributed by atoms with van der Waals surface area (Å²) in [5.41, 5.74) is -0.406. The minimum atomic E-state index is -1.42. The zero-order valence-electron chi connectivity index (χ0n) is 10.4. The van der Waals surface area contributed by atoms with Crippen LogP contribution >= 0.6 is 0 Å². The third-order valence-corrected chi connectivity index (χ3v) is 3.02. The monoisotopic (exact) mass is 258 g/mol. The number of aliphatic carboxylic acids is 2. The van der Waals surface area contributed by atoms with Crippen LogP contribution in [0.3, 0.4) is 0 Å². The number of rotatable bonds is 6. The van der Waals surface area contributed by atoms with Crippen molar-refractivity contribution in [3.8, 4) is 0 Å². The van der Waals surface area contributed by atoms with Crippen molar-refractivity contribution < 1.29 is 24.6 Å². The van der Waals surface area contributed by atoms with Gasteiger partial charge in [0.15, 0.2) is 0 Å². The summed E-state index contributed by atoms with van der Waals surface area (Å²) < 4.78 is 0. The maximum Gasteiger partial charge on any atom is 0.326 e. The van der Waals surface area contributed by atoms with Crippen molar-refractivity contribution in [2.45, 2.75) is 44.7 Å². The molecule has 2 amide bonds. The number of carboxylic acid groups (broad SMARTS) is 2. The Hall–Kier alpha value is -1.79. The van der Waals surface area contributed by atoms with Gasteiger partial charge in [0, 0.05) is 5.54 Å². The van der Waals surface area contributed by atoms with Crippen molar-refractivity contribution in [1.29, 1.82) is 0 Å². The van der Waals surface area contributed by atoms with Crippen LogP contribution in [-0.4, -0.2) is 39.8 Å². The Balaban J connectivity index is 2.50. The van der Waals surface area contributed by atoms with Gasteiger partial charge in [-0.2, -0.15) is 0 Å². The fourth-order valence-electron chi connectivity index (χ4n) is 1.77. The minimum Gasteiger partial charge on any atom is -0.481 e. The molecule has 1 rings (SSSR count). The van der Waals surface area contributed by atoms with Gasteiger partial charge in [0.1, 0.15) is 6.04 Å². The van der Waals surface area contributed by atoms with E-state index in [1.165, 1.54) is 0 Å². The summed E-state index contributed by atoms with van der Waals surface area (Å²) in [6.07, 6.45) is 1.42. The highest BCUT2D eigenvalue weighted by Crippen LogP contribution is 2.39. The van der Waals surface area contributed by atoms with Gasteiger partial charge in [-0.25, -0.2) is 9.59 Å². The van der Waals surface area contributed by atoms with E-state index in [-0.39, 0.29) is 0 Å². The first-order valence-electron chi connectivity index (χ1n) is 5.75. The van der Waals surface area contributed by atoms with Gasteiger partial charge >= 0.3 is 18.0 Å². The van der Waals surface area contributed by atoms with Gasteiger partial charge in [-0.3, -0.25) is 4.79 Å². The lowest BCUT2D eigenvalue weighted by Gasteiger charge is -2.27. The van der Waals surface area contributed by atoms with Crippen LogP contribution in [0.15, 0.2) is 0 Å². The minimum absolute atomic E-state index is 0.394. The molecule has 0 unspecified atom stereocenters. The third-order valence-electron chi connectivity index (χ3n) is 3.02. The summed E-state index contributed by atoms with van der Waals surface area (Å²) in [5.74, 6) is -2.24. The van der Waals surface area contributed by atoms with Crippen molar-refractivity contribution in [2.24, 2.45) is 5.92 Å². The summed E-state index contributed by atoms with van der Waals surface area (Å²) in [6.45, 7) is 3.72. The second-order valence-electron chi connectivity index (χ2n) is 5.08. The summed E-state index contributed by atoms with van der Waals surface area (Å²) in [4.78, 5) is 32.8. The molecule has 0 aromatic carbocycles. The second-order valence-corrected chi connectivity index (χ2v) is 5.08. The number of hydrogen-bond donors (Lipinski definition) is 4. The topological polar surface area (TPSA) is 116 Å². The van der Waals surface area contributed by atoms with Gasteiger partial charge in [0.05, 0.1) is 6.42 Å². The molecule has 0 heterocycles. The number of amides is 2. The molecule has 18 heavy (non-hydrogen) atoms. The first-order valence-corrected chi connectivity index (χ1v) is 5.75. The van der Waals surface area contributed by atoms with Gasteiger partial charge in [-0.1, -0.05) is 0 Å². The van der Waals surface area contributed by atoms with Crippen LogP contribution < -0.4 is 10.6 Å². The molecule has 1 fully saturated rings. The maximum absolute atomic E-state index is 11.6. The predicted octanol–water partition coefficient (Wildman–Crippen LogP) is 0.402.